The van der Waals surface area contributed by atoms with Gasteiger partial charge in [-0.25, -0.2) is 8.42 Å². The van der Waals surface area contributed by atoms with E-state index in [1.54, 1.807) is 0 Å². The number of anilines is 1. The van der Waals surface area contributed by atoms with Gasteiger partial charge >= 0.3 is 0 Å². The number of aliphatic hydroxyl groups is 2. The van der Waals surface area contributed by atoms with Crippen LogP contribution in [0.1, 0.15) is 0 Å². The number of nitrogens with zero attached hydrogens (tertiary/aromatic N) is 1. The number of phenols is 1. The minimum atomic E-state index is -3.84. The Morgan fingerprint density at radius 2 is 1.72 bits per heavy atom. The number of benzene rings is 1. The maximum absolute atomic E-state index is 12.1. The quantitative estimate of drug-likeness (QED) is 0.388. The number of rotatable bonds is 6. The van der Waals surface area contributed by atoms with E-state index in [1.807, 2.05) is 0 Å². The van der Waals surface area contributed by atoms with Gasteiger partial charge in [0.25, 0.3) is 0 Å². The molecule has 0 heterocycles. The zero-order valence-corrected chi connectivity index (χ0v) is 10.5. The highest BCUT2D eigenvalue weighted by Gasteiger charge is 2.24. The van der Waals surface area contributed by atoms with Gasteiger partial charge in [0.05, 0.1) is 23.8 Å². The first-order chi connectivity index (χ1) is 8.43. The highest BCUT2D eigenvalue weighted by molar-refractivity contribution is 7.89. The molecule has 5 N–H and O–H groups in total. The van der Waals surface area contributed by atoms with Crippen LogP contribution < -0.4 is 5.73 Å². The number of aromatic hydroxyl groups is 1. The summed E-state index contributed by atoms with van der Waals surface area (Å²) in [4.78, 5) is -0.0975. The third-order valence-corrected chi connectivity index (χ3v) is 4.23. The number of nitrogens with two attached hydrogens (primary N) is 1. The average molecular weight is 276 g/mol. The Morgan fingerprint density at radius 3 is 2.17 bits per heavy atom. The second-order valence-electron chi connectivity index (χ2n) is 3.57. The van der Waals surface area contributed by atoms with Crippen molar-refractivity contribution in [1.82, 2.24) is 4.31 Å². The maximum atomic E-state index is 12.1. The Hall–Kier alpha value is -1.35. The van der Waals surface area contributed by atoms with Crippen LogP contribution in [0.5, 0.6) is 5.75 Å². The number of aliphatic hydroxyl groups excluding tert-OH is 2. The molecule has 0 amide bonds. The van der Waals surface area contributed by atoms with Crippen molar-refractivity contribution >= 4 is 15.7 Å². The Balaban J connectivity index is 3.13. The molecule has 7 nitrogen and oxygen atoms in total. The summed E-state index contributed by atoms with van der Waals surface area (Å²) in [6, 6.07) is 3.52. The fourth-order valence-electron chi connectivity index (χ4n) is 1.42. The Kier molecular flexibility index (Phi) is 4.91. The van der Waals surface area contributed by atoms with E-state index in [1.165, 1.54) is 12.1 Å². The molecule has 0 aliphatic heterocycles. The standard InChI is InChI=1S/C10H16N2O5S/c11-9-7-8(1-2-10(9)15)18(16,17)12(3-5-13)4-6-14/h1-2,7,13-15H,3-6,11H2. The molecule has 8 heteroatoms. The molecule has 0 spiro atoms. The molecule has 0 radical (unpaired) electrons. The monoisotopic (exact) mass is 276 g/mol. The van der Waals surface area contributed by atoms with Crippen LogP contribution in [-0.2, 0) is 10.0 Å². The molecule has 0 bridgehead atoms. The molecule has 1 aromatic rings. The van der Waals surface area contributed by atoms with E-state index in [0.717, 1.165) is 10.4 Å². The Morgan fingerprint density at radius 1 is 1.17 bits per heavy atom. The average Bonchev–Trinajstić information content (AvgIpc) is 2.32. The molecule has 0 aromatic heterocycles. The first kappa shape index (κ1) is 14.7. The van der Waals surface area contributed by atoms with E-state index in [9.17, 15) is 13.5 Å². The van der Waals surface area contributed by atoms with E-state index < -0.39 is 10.0 Å². The van der Waals surface area contributed by atoms with E-state index >= 15 is 0 Å². The van der Waals surface area contributed by atoms with Crippen LogP contribution in [0.15, 0.2) is 23.1 Å². The van der Waals surface area contributed by atoms with Crippen LogP contribution in [0.3, 0.4) is 0 Å². The SMILES string of the molecule is Nc1cc(S(=O)(=O)N(CCO)CCO)ccc1O. The predicted octanol–water partition coefficient (Wildman–Crippen LogP) is -1.05. The predicted molar refractivity (Wildman–Crippen MR) is 65.4 cm³/mol. The summed E-state index contributed by atoms with van der Waals surface area (Å²) in [6.07, 6.45) is 0. The highest BCUT2D eigenvalue weighted by atomic mass is 32.2. The maximum Gasteiger partial charge on any atom is 0.243 e. The first-order valence-corrected chi connectivity index (χ1v) is 6.68. The molecule has 0 unspecified atom stereocenters. The van der Waals surface area contributed by atoms with Gasteiger partial charge in [-0.2, -0.15) is 4.31 Å². The summed E-state index contributed by atoms with van der Waals surface area (Å²) in [5.74, 6) is -0.204. The molecule has 0 fully saturated rings. The van der Waals surface area contributed by atoms with Crippen molar-refractivity contribution in [2.45, 2.75) is 4.90 Å². The van der Waals surface area contributed by atoms with Crippen molar-refractivity contribution in [2.24, 2.45) is 0 Å². The van der Waals surface area contributed by atoms with Gasteiger partial charge in [0.2, 0.25) is 10.0 Å². The Labute approximate surface area is 105 Å². The third kappa shape index (κ3) is 3.10. The van der Waals surface area contributed by atoms with Gasteiger partial charge in [-0.1, -0.05) is 0 Å². The number of nitrogen functional groups attached to an aromatic ring is 1. The van der Waals surface area contributed by atoms with Gasteiger partial charge in [-0.05, 0) is 18.2 Å². The zero-order valence-electron chi connectivity index (χ0n) is 9.65. The van der Waals surface area contributed by atoms with Crippen molar-refractivity contribution in [3.63, 3.8) is 0 Å². The van der Waals surface area contributed by atoms with E-state index in [2.05, 4.69) is 0 Å². The fourth-order valence-corrected chi connectivity index (χ4v) is 2.88. The molecule has 102 valence electrons. The summed E-state index contributed by atoms with van der Waals surface area (Å²) in [5, 5.41) is 26.9. The molecule has 18 heavy (non-hydrogen) atoms. The van der Waals surface area contributed by atoms with E-state index in [4.69, 9.17) is 15.9 Å². The van der Waals surface area contributed by atoms with Gasteiger partial charge < -0.3 is 21.1 Å². The van der Waals surface area contributed by atoms with Crippen LogP contribution in [0, 0.1) is 0 Å². The molecule has 0 saturated heterocycles. The molecule has 0 saturated carbocycles. The summed E-state index contributed by atoms with van der Waals surface area (Å²) < 4.78 is 25.2. The molecule has 0 aliphatic carbocycles. The van der Waals surface area contributed by atoms with Crippen LogP contribution >= 0.6 is 0 Å². The normalized spacial score (nSPS) is 11.9. The molecule has 1 rings (SSSR count). The molecular formula is C10H16N2O5S. The first-order valence-electron chi connectivity index (χ1n) is 5.24. The highest BCUT2D eigenvalue weighted by Crippen LogP contribution is 2.25. The zero-order chi connectivity index (χ0) is 13.8. The fraction of sp³-hybridized carbons (Fsp3) is 0.400. The summed E-state index contributed by atoms with van der Waals surface area (Å²) in [5.41, 5.74) is 5.38. The lowest BCUT2D eigenvalue weighted by Gasteiger charge is -2.20. The van der Waals surface area contributed by atoms with Crippen LogP contribution in [0.2, 0.25) is 0 Å². The van der Waals surface area contributed by atoms with Gasteiger partial charge in [0, 0.05) is 13.1 Å². The van der Waals surface area contributed by atoms with Crippen LogP contribution in [0.25, 0.3) is 0 Å². The molecule has 0 atom stereocenters. The van der Waals surface area contributed by atoms with E-state index in [-0.39, 0.29) is 42.6 Å². The minimum Gasteiger partial charge on any atom is -0.506 e. The number of sulfonamides is 1. The lowest BCUT2D eigenvalue weighted by Crippen LogP contribution is -2.35. The van der Waals surface area contributed by atoms with Gasteiger partial charge in [-0.3, -0.25) is 0 Å². The largest absolute Gasteiger partial charge is 0.506 e. The lowest BCUT2D eigenvalue weighted by atomic mass is 10.3. The van der Waals surface area contributed by atoms with Crippen molar-refractivity contribution in [3.8, 4) is 5.75 Å². The number of phenolic OH excluding ortho intramolecular Hbond substituents is 1. The van der Waals surface area contributed by atoms with E-state index in [0.29, 0.717) is 0 Å². The topological polar surface area (TPSA) is 124 Å². The lowest BCUT2D eigenvalue weighted by molar-refractivity contribution is 0.217. The van der Waals surface area contributed by atoms with Crippen molar-refractivity contribution in [3.05, 3.63) is 18.2 Å². The van der Waals surface area contributed by atoms with Crippen molar-refractivity contribution in [2.75, 3.05) is 32.0 Å². The van der Waals surface area contributed by atoms with Crippen molar-refractivity contribution in [1.29, 1.82) is 0 Å². The summed E-state index contributed by atoms with van der Waals surface area (Å²) in [7, 11) is -3.84. The van der Waals surface area contributed by atoms with Gasteiger partial charge in [-0.15, -0.1) is 0 Å². The Bertz CT molecular complexity index is 497. The molecular weight excluding hydrogens is 260 g/mol. The number of hydrogen-bond acceptors (Lipinski definition) is 6. The van der Waals surface area contributed by atoms with Crippen molar-refractivity contribution < 1.29 is 23.7 Å². The minimum absolute atomic E-state index is 0.0518. The smallest absolute Gasteiger partial charge is 0.243 e. The van der Waals surface area contributed by atoms with Crippen LogP contribution in [0.4, 0.5) is 5.69 Å². The van der Waals surface area contributed by atoms with Crippen LogP contribution in [-0.4, -0.2) is 54.3 Å². The number of hydrogen-bond donors (Lipinski definition) is 4. The molecule has 0 aliphatic rings. The molecule has 1 aromatic carbocycles. The van der Waals surface area contributed by atoms with Gasteiger partial charge in [0.15, 0.2) is 0 Å². The second-order valence-corrected chi connectivity index (χ2v) is 5.51. The summed E-state index contributed by atoms with van der Waals surface area (Å²) in [6.45, 7) is -0.951. The summed E-state index contributed by atoms with van der Waals surface area (Å²) >= 11 is 0. The third-order valence-electron chi connectivity index (χ3n) is 2.34. The second kappa shape index (κ2) is 6.01. The van der Waals surface area contributed by atoms with Gasteiger partial charge in [0.1, 0.15) is 5.75 Å².